The van der Waals surface area contributed by atoms with Gasteiger partial charge in [-0.05, 0) is 0 Å². The van der Waals surface area contributed by atoms with Crippen LogP contribution < -0.4 is 5.32 Å². The highest BCUT2D eigenvalue weighted by molar-refractivity contribution is 8.00. The maximum Gasteiger partial charge on any atom is 0.213 e. The molecule has 1 fully saturated rings. The highest BCUT2D eigenvalue weighted by Crippen LogP contribution is 2.09. The van der Waals surface area contributed by atoms with Gasteiger partial charge < -0.3 is 5.32 Å². The van der Waals surface area contributed by atoms with Gasteiger partial charge in [0.2, 0.25) is 6.29 Å². The molecule has 0 amide bonds. The Morgan fingerprint density at radius 3 is 3.00 bits per heavy atom. The van der Waals surface area contributed by atoms with Crippen LogP contribution in [-0.2, 0) is 4.79 Å². The molecule has 1 aliphatic rings. The highest BCUT2D eigenvalue weighted by Gasteiger charge is 2.11. The predicted molar refractivity (Wildman–Crippen MR) is 34.8 cm³/mol. The number of rotatable bonds is 1. The Labute approximate surface area is 53.0 Å². The largest absolute Gasteiger partial charge is 0.314 e. The normalized spacial score (nSPS) is 29.8. The maximum atomic E-state index is 9.97. The summed E-state index contributed by atoms with van der Waals surface area (Å²) in [5, 5.41) is 3.19. The second kappa shape index (κ2) is 3.10. The van der Waals surface area contributed by atoms with E-state index in [2.05, 4.69) is 5.32 Å². The molecule has 3 heteroatoms. The zero-order valence-electron chi connectivity index (χ0n) is 4.52. The summed E-state index contributed by atoms with van der Waals surface area (Å²) in [6.45, 7) is 1.83. The van der Waals surface area contributed by atoms with Gasteiger partial charge >= 0.3 is 0 Å². The zero-order valence-corrected chi connectivity index (χ0v) is 5.33. The van der Waals surface area contributed by atoms with E-state index >= 15 is 0 Å². The van der Waals surface area contributed by atoms with Crippen LogP contribution in [0.3, 0.4) is 0 Å². The van der Waals surface area contributed by atoms with Crippen LogP contribution in [-0.4, -0.2) is 30.4 Å². The Bertz CT molecular complexity index is 80.5. The molecule has 0 aromatic heterocycles. The first kappa shape index (κ1) is 6.11. The summed E-state index contributed by atoms with van der Waals surface area (Å²) in [6, 6.07) is 0. The SMILES string of the molecule is O=[C]C1CNCCS1. The Balaban J connectivity index is 2.22. The Kier molecular flexibility index (Phi) is 2.36. The molecular formula is C5H8NOS. The number of carbonyl (C=O) groups excluding carboxylic acids is 1. The van der Waals surface area contributed by atoms with Gasteiger partial charge in [0.15, 0.2) is 0 Å². The van der Waals surface area contributed by atoms with Crippen LogP contribution in [0.5, 0.6) is 0 Å². The van der Waals surface area contributed by atoms with E-state index in [1.165, 1.54) is 0 Å². The molecule has 1 aliphatic heterocycles. The van der Waals surface area contributed by atoms with Gasteiger partial charge in [-0.1, -0.05) is 0 Å². The van der Waals surface area contributed by atoms with Crippen molar-refractivity contribution in [2.75, 3.05) is 18.8 Å². The monoisotopic (exact) mass is 130 g/mol. The van der Waals surface area contributed by atoms with Crippen molar-refractivity contribution < 1.29 is 4.79 Å². The smallest absolute Gasteiger partial charge is 0.213 e. The van der Waals surface area contributed by atoms with Crippen LogP contribution in [0.2, 0.25) is 0 Å². The van der Waals surface area contributed by atoms with E-state index < -0.39 is 0 Å². The van der Waals surface area contributed by atoms with Crippen molar-refractivity contribution in [2.45, 2.75) is 5.25 Å². The number of hydrogen-bond donors (Lipinski definition) is 1. The third-order valence-electron chi connectivity index (χ3n) is 1.06. The Morgan fingerprint density at radius 1 is 1.75 bits per heavy atom. The van der Waals surface area contributed by atoms with Crippen LogP contribution in [0, 0.1) is 0 Å². The molecule has 1 unspecified atom stereocenters. The lowest BCUT2D eigenvalue weighted by Crippen LogP contribution is -2.33. The second-order valence-electron chi connectivity index (χ2n) is 1.68. The molecule has 1 saturated heterocycles. The van der Waals surface area contributed by atoms with E-state index in [0.29, 0.717) is 0 Å². The lowest BCUT2D eigenvalue weighted by Gasteiger charge is -2.15. The lowest BCUT2D eigenvalue weighted by atomic mass is 10.4. The molecule has 0 aromatic carbocycles. The van der Waals surface area contributed by atoms with Crippen LogP contribution >= 0.6 is 11.8 Å². The first-order chi connectivity index (χ1) is 3.93. The number of thioether (sulfide) groups is 1. The van der Waals surface area contributed by atoms with E-state index in [0.717, 1.165) is 18.8 Å². The van der Waals surface area contributed by atoms with Gasteiger partial charge in [-0.3, -0.25) is 4.79 Å². The second-order valence-corrected chi connectivity index (χ2v) is 2.99. The molecule has 8 heavy (non-hydrogen) atoms. The lowest BCUT2D eigenvalue weighted by molar-refractivity contribution is 0.548. The molecule has 0 spiro atoms. The minimum atomic E-state index is 0.0868. The van der Waals surface area contributed by atoms with Crippen molar-refractivity contribution in [3.8, 4) is 0 Å². The topological polar surface area (TPSA) is 29.1 Å². The predicted octanol–water partition coefficient (Wildman–Crippen LogP) is -0.199. The van der Waals surface area contributed by atoms with E-state index in [1.807, 2.05) is 6.29 Å². The molecule has 1 N–H and O–H groups in total. The summed E-state index contributed by atoms with van der Waals surface area (Å²) in [6.07, 6.45) is 1.95. The van der Waals surface area contributed by atoms with Crippen LogP contribution in [0.4, 0.5) is 0 Å². The summed E-state index contributed by atoms with van der Waals surface area (Å²) in [7, 11) is 0. The van der Waals surface area contributed by atoms with E-state index in [1.54, 1.807) is 11.8 Å². The average molecular weight is 130 g/mol. The molecule has 2 nitrogen and oxygen atoms in total. The summed E-state index contributed by atoms with van der Waals surface area (Å²) in [4.78, 5) is 9.97. The van der Waals surface area contributed by atoms with Crippen molar-refractivity contribution in [3.05, 3.63) is 0 Å². The summed E-state index contributed by atoms with van der Waals surface area (Å²) < 4.78 is 0. The average Bonchev–Trinajstić information content (AvgIpc) is 1.90. The maximum absolute atomic E-state index is 9.97. The van der Waals surface area contributed by atoms with Gasteiger partial charge in [-0.2, -0.15) is 0 Å². The zero-order chi connectivity index (χ0) is 5.82. The molecule has 1 rings (SSSR count). The minimum absolute atomic E-state index is 0.0868. The quantitative estimate of drug-likeness (QED) is 0.533. The van der Waals surface area contributed by atoms with Crippen molar-refractivity contribution in [1.29, 1.82) is 0 Å². The van der Waals surface area contributed by atoms with Gasteiger partial charge in [0.05, 0.1) is 5.25 Å². The van der Waals surface area contributed by atoms with Gasteiger partial charge in [0.1, 0.15) is 0 Å². The molecule has 1 atom stereocenters. The first-order valence-electron chi connectivity index (χ1n) is 2.63. The fourth-order valence-electron chi connectivity index (χ4n) is 0.641. The van der Waals surface area contributed by atoms with Crippen molar-refractivity contribution >= 4 is 18.0 Å². The number of nitrogens with one attached hydrogen (secondary N) is 1. The molecule has 0 aromatic rings. The van der Waals surface area contributed by atoms with Gasteiger partial charge in [0, 0.05) is 18.8 Å². The standard InChI is InChI=1S/C5H8NOS/c7-4-5-3-6-1-2-8-5/h5-6H,1-3H2. The minimum Gasteiger partial charge on any atom is -0.314 e. The molecule has 45 valence electrons. The van der Waals surface area contributed by atoms with Crippen molar-refractivity contribution in [1.82, 2.24) is 5.32 Å². The van der Waals surface area contributed by atoms with Crippen LogP contribution in [0.1, 0.15) is 0 Å². The summed E-state index contributed by atoms with van der Waals surface area (Å²) >= 11 is 1.68. The third-order valence-corrected chi connectivity index (χ3v) is 2.16. The fourth-order valence-corrected chi connectivity index (χ4v) is 1.49. The first-order valence-corrected chi connectivity index (χ1v) is 3.68. The molecule has 1 radical (unpaired) electrons. The highest BCUT2D eigenvalue weighted by atomic mass is 32.2. The van der Waals surface area contributed by atoms with Gasteiger partial charge in [-0.25, -0.2) is 0 Å². The van der Waals surface area contributed by atoms with E-state index in [-0.39, 0.29) is 5.25 Å². The molecule has 0 bridgehead atoms. The molecule has 1 heterocycles. The molecule has 0 saturated carbocycles. The third kappa shape index (κ3) is 1.49. The fraction of sp³-hybridized carbons (Fsp3) is 0.800. The molecule has 0 aliphatic carbocycles. The Hall–Kier alpha value is -0.0200. The van der Waals surface area contributed by atoms with Gasteiger partial charge in [0.25, 0.3) is 0 Å². The summed E-state index contributed by atoms with van der Waals surface area (Å²) in [5.74, 6) is 1.04. The van der Waals surface area contributed by atoms with Crippen molar-refractivity contribution in [2.24, 2.45) is 0 Å². The van der Waals surface area contributed by atoms with E-state index in [9.17, 15) is 4.79 Å². The molecular weight excluding hydrogens is 122 g/mol. The van der Waals surface area contributed by atoms with Crippen molar-refractivity contribution in [3.63, 3.8) is 0 Å². The van der Waals surface area contributed by atoms with Gasteiger partial charge in [-0.15, -0.1) is 11.8 Å². The number of hydrogen-bond acceptors (Lipinski definition) is 3. The van der Waals surface area contributed by atoms with Crippen LogP contribution in [0.15, 0.2) is 0 Å². The van der Waals surface area contributed by atoms with Crippen LogP contribution in [0.25, 0.3) is 0 Å². The Morgan fingerprint density at radius 2 is 2.62 bits per heavy atom. The van der Waals surface area contributed by atoms with E-state index in [4.69, 9.17) is 0 Å². The summed E-state index contributed by atoms with van der Waals surface area (Å²) in [5.41, 5.74) is 0.